The predicted octanol–water partition coefficient (Wildman–Crippen LogP) is -0.141. The highest BCUT2D eigenvalue weighted by molar-refractivity contribution is 5.01. The molecule has 1 rings (SSSR count). The summed E-state index contributed by atoms with van der Waals surface area (Å²) in [4.78, 5) is 7.62. The van der Waals surface area contributed by atoms with Crippen molar-refractivity contribution in [3.8, 4) is 0 Å². The summed E-state index contributed by atoms with van der Waals surface area (Å²) in [5, 5.41) is 9.35. The SMILES string of the molecule is NCC[C@@H](O)c1ccncn1. The van der Waals surface area contributed by atoms with Crippen LogP contribution in [0.2, 0.25) is 0 Å². The zero-order valence-corrected chi connectivity index (χ0v) is 6.14. The Hall–Kier alpha value is -1.00. The molecular formula is C7H11N3O. The van der Waals surface area contributed by atoms with E-state index in [0.29, 0.717) is 18.7 Å². The molecule has 0 unspecified atom stereocenters. The van der Waals surface area contributed by atoms with Gasteiger partial charge in [0.05, 0.1) is 11.8 Å². The zero-order valence-electron chi connectivity index (χ0n) is 6.14. The minimum Gasteiger partial charge on any atom is -0.387 e. The van der Waals surface area contributed by atoms with Crippen LogP contribution in [0.3, 0.4) is 0 Å². The Labute approximate surface area is 65.1 Å². The van der Waals surface area contributed by atoms with Crippen LogP contribution in [-0.2, 0) is 0 Å². The van der Waals surface area contributed by atoms with Gasteiger partial charge >= 0.3 is 0 Å². The van der Waals surface area contributed by atoms with Crippen molar-refractivity contribution in [2.75, 3.05) is 6.54 Å². The molecule has 4 heteroatoms. The molecule has 1 aromatic rings. The quantitative estimate of drug-likeness (QED) is 0.634. The standard InChI is InChI=1S/C7H11N3O/c8-3-1-7(11)6-2-4-9-5-10-6/h2,4-5,7,11H,1,3,8H2/t7-/m1/s1. The van der Waals surface area contributed by atoms with E-state index in [9.17, 15) is 5.11 Å². The third kappa shape index (κ3) is 2.25. The summed E-state index contributed by atoms with van der Waals surface area (Å²) < 4.78 is 0. The molecule has 0 aliphatic rings. The van der Waals surface area contributed by atoms with Crippen molar-refractivity contribution in [3.05, 3.63) is 24.3 Å². The lowest BCUT2D eigenvalue weighted by atomic mass is 10.2. The zero-order chi connectivity index (χ0) is 8.10. The third-order valence-electron chi connectivity index (χ3n) is 1.39. The second kappa shape index (κ2) is 4.00. The van der Waals surface area contributed by atoms with Crippen LogP contribution in [0.15, 0.2) is 18.6 Å². The van der Waals surface area contributed by atoms with Crippen molar-refractivity contribution in [1.29, 1.82) is 0 Å². The van der Waals surface area contributed by atoms with Crippen LogP contribution in [0.4, 0.5) is 0 Å². The first-order valence-electron chi connectivity index (χ1n) is 3.48. The Morgan fingerprint density at radius 1 is 1.64 bits per heavy atom. The number of rotatable bonds is 3. The lowest BCUT2D eigenvalue weighted by Crippen LogP contribution is -2.07. The van der Waals surface area contributed by atoms with E-state index in [2.05, 4.69) is 9.97 Å². The van der Waals surface area contributed by atoms with Gasteiger partial charge in [0.25, 0.3) is 0 Å². The fourth-order valence-electron chi connectivity index (χ4n) is 0.804. The van der Waals surface area contributed by atoms with Gasteiger partial charge in [-0.3, -0.25) is 0 Å². The number of hydrogen-bond acceptors (Lipinski definition) is 4. The molecule has 0 saturated heterocycles. The average molecular weight is 153 g/mol. The van der Waals surface area contributed by atoms with Crippen LogP contribution in [0, 0.1) is 0 Å². The van der Waals surface area contributed by atoms with E-state index in [1.807, 2.05) is 0 Å². The minimum atomic E-state index is -0.553. The molecule has 1 aromatic heterocycles. The largest absolute Gasteiger partial charge is 0.387 e. The molecule has 4 nitrogen and oxygen atoms in total. The minimum absolute atomic E-state index is 0.463. The summed E-state index contributed by atoms with van der Waals surface area (Å²) in [5.41, 5.74) is 5.89. The van der Waals surface area contributed by atoms with Gasteiger partial charge in [0.2, 0.25) is 0 Å². The Bertz CT molecular complexity index is 202. The monoisotopic (exact) mass is 153 g/mol. The van der Waals surface area contributed by atoms with E-state index >= 15 is 0 Å². The maximum atomic E-state index is 9.35. The van der Waals surface area contributed by atoms with E-state index in [1.54, 1.807) is 12.3 Å². The summed E-state index contributed by atoms with van der Waals surface area (Å²) in [6, 6.07) is 1.68. The molecule has 0 aliphatic carbocycles. The number of hydrogen-bond donors (Lipinski definition) is 2. The average Bonchev–Trinajstić information content (AvgIpc) is 2.07. The molecule has 3 N–H and O–H groups in total. The van der Waals surface area contributed by atoms with E-state index in [-0.39, 0.29) is 0 Å². The maximum absolute atomic E-state index is 9.35. The highest BCUT2D eigenvalue weighted by Gasteiger charge is 2.05. The number of nitrogens with zero attached hydrogens (tertiary/aromatic N) is 2. The summed E-state index contributed by atoms with van der Waals surface area (Å²) >= 11 is 0. The van der Waals surface area contributed by atoms with Crippen LogP contribution in [0.25, 0.3) is 0 Å². The normalized spacial score (nSPS) is 12.9. The molecule has 0 amide bonds. The van der Waals surface area contributed by atoms with Crippen molar-refractivity contribution in [2.45, 2.75) is 12.5 Å². The Kier molecular flexibility index (Phi) is 2.95. The van der Waals surface area contributed by atoms with Crippen LogP contribution in [0.1, 0.15) is 18.2 Å². The maximum Gasteiger partial charge on any atom is 0.115 e. The molecule has 0 saturated carbocycles. The first-order chi connectivity index (χ1) is 5.34. The van der Waals surface area contributed by atoms with Crippen molar-refractivity contribution in [1.82, 2.24) is 9.97 Å². The topological polar surface area (TPSA) is 72.0 Å². The lowest BCUT2D eigenvalue weighted by molar-refractivity contribution is 0.165. The summed E-state index contributed by atoms with van der Waals surface area (Å²) in [7, 11) is 0. The predicted molar refractivity (Wildman–Crippen MR) is 40.7 cm³/mol. The van der Waals surface area contributed by atoms with Crippen LogP contribution < -0.4 is 5.73 Å². The second-order valence-corrected chi connectivity index (χ2v) is 2.23. The van der Waals surface area contributed by atoms with Gasteiger partial charge in [0.1, 0.15) is 6.33 Å². The number of aliphatic hydroxyl groups is 1. The van der Waals surface area contributed by atoms with Crippen molar-refractivity contribution in [2.24, 2.45) is 5.73 Å². The lowest BCUT2D eigenvalue weighted by Gasteiger charge is -2.06. The summed E-state index contributed by atoms with van der Waals surface area (Å²) in [6.07, 6.45) is 3.00. The molecular weight excluding hydrogens is 142 g/mol. The van der Waals surface area contributed by atoms with Gasteiger partial charge in [-0.2, -0.15) is 0 Å². The first kappa shape index (κ1) is 8.10. The smallest absolute Gasteiger partial charge is 0.115 e. The number of nitrogens with two attached hydrogens (primary N) is 1. The molecule has 0 aliphatic heterocycles. The van der Waals surface area contributed by atoms with Gasteiger partial charge in [-0.25, -0.2) is 9.97 Å². The fourth-order valence-corrected chi connectivity index (χ4v) is 0.804. The molecule has 0 aromatic carbocycles. The first-order valence-corrected chi connectivity index (χ1v) is 3.48. The molecule has 0 spiro atoms. The van der Waals surface area contributed by atoms with Gasteiger partial charge in [0, 0.05) is 6.20 Å². The van der Waals surface area contributed by atoms with Crippen LogP contribution >= 0.6 is 0 Å². The molecule has 60 valence electrons. The Balaban J connectivity index is 2.61. The van der Waals surface area contributed by atoms with E-state index < -0.39 is 6.10 Å². The summed E-state index contributed by atoms with van der Waals surface area (Å²) in [5.74, 6) is 0. The van der Waals surface area contributed by atoms with E-state index in [4.69, 9.17) is 5.73 Å². The van der Waals surface area contributed by atoms with Gasteiger partial charge < -0.3 is 10.8 Å². The Morgan fingerprint density at radius 3 is 3.00 bits per heavy atom. The summed E-state index contributed by atoms with van der Waals surface area (Å²) in [6.45, 7) is 0.463. The van der Waals surface area contributed by atoms with Crippen LogP contribution in [0.5, 0.6) is 0 Å². The molecule has 1 heterocycles. The fraction of sp³-hybridized carbons (Fsp3) is 0.429. The van der Waals surface area contributed by atoms with Gasteiger partial charge in [-0.1, -0.05) is 0 Å². The molecule has 0 fully saturated rings. The van der Waals surface area contributed by atoms with Gasteiger partial charge in [0.15, 0.2) is 0 Å². The molecule has 1 atom stereocenters. The number of aliphatic hydroxyl groups excluding tert-OH is 1. The Morgan fingerprint density at radius 2 is 2.45 bits per heavy atom. The van der Waals surface area contributed by atoms with Crippen molar-refractivity contribution < 1.29 is 5.11 Å². The van der Waals surface area contributed by atoms with Gasteiger partial charge in [-0.15, -0.1) is 0 Å². The highest BCUT2D eigenvalue weighted by atomic mass is 16.3. The van der Waals surface area contributed by atoms with Gasteiger partial charge in [-0.05, 0) is 19.0 Å². The van der Waals surface area contributed by atoms with Crippen LogP contribution in [-0.4, -0.2) is 21.6 Å². The molecule has 0 bridgehead atoms. The molecule has 0 radical (unpaired) electrons. The van der Waals surface area contributed by atoms with E-state index in [0.717, 1.165) is 0 Å². The molecule has 11 heavy (non-hydrogen) atoms. The second-order valence-electron chi connectivity index (χ2n) is 2.23. The van der Waals surface area contributed by atoms with Crippen molar-refractivity contribution >= 4 is 0 Å². The van der Waals surface area contributed by atoms with E-state index in [1.165, 1.54) is 6.33 Å². The number of aromatic nitrogens is 2. The highest BCUT2D eigenvalue weighted by Crippen LogP contribution is 2.10. The third-order valence-corrected chi connectivity index (χ3v) is 1.39. The van der Waals surface area contributed by atoms with Crippen molar-refractivity contribution in [3.63, 3.8) is 0 Å².